The lowest BCUT2D eigenvalue weighted by Gasteiger charge is -2.21. The van der Waals surface area contributed by atoms with Crippen molar-refractivity contribution < 1.29 is 13.2 Å². The lowest BCUT2D eigenvalue weighted by Crippen LogP contribution is -2.34. The fourth-order valence-electron chi connectivity index (χ4n) is 2.33. The molecule has 1 aromatic carbocycles. The molecule has 1 unspecified atom stereocenters. The lowest BCUT2D eigenvalue weighted by molar-refractivity contribution is -0.138. The smallest absolute Gasteiger partial charge is 0.358 e. The molecular weight excluding hydrogens is 343 g/mol. The number of anilines is 1. The zero-order valence-corrected chi connectivity index (χ0v) is 13.5. The number of hydrogen-bond donors (Lipinski definition) is 1. The normalized spacial score (nSPS) is 13.2. The molecule has 0 spiro atoms. The van der Waals surface area contributed by atoms with Crippen molar-refractivity contribution >= 4 is 23.2 Å². The van der Waals surface area contributed by atoms with Gasteiger partial charge in [-0.3, -0.25) is 0 Å². The Kier molecular flexibility index (Phi) is 4.08. The predicted molar refractivity (Wildman–Crippen MR) is 85.1 cm³/mol. The van der Waals surface area contributed by atoms with Gasteiger partial charge in [0.15, 0.2) is 0 Å². The van der Waals surface area contributed by atoms with Gasteiger partial charge < -0.3 is 5.32 Å². The molecule has 1 atom stereocenters. The molecule has 0 fully saturated rings. The van der Waals surface area contributed by atoms with Crippen molar-refractivity contribution in [3.05, 3.63) is 41.3 Å². The van der Waals surface area contributed by atoms with E-state index in [0.29, 0.717) is 11.1 Å². The van der Waals surface area contributed by atoms with Crippen LogP contribution in [0.4, 0.5) is 19.0 Å². The van der Waals surface area contributed by atoms with Gasteiger partial charge >= 0.3 is 6.18 Å². The summed E-state index contributed by atoms with van der Waals surface area (Å²) in [5.41, 5.74) is 1.87. The second-order valence-electron chi connectivity index (χ2n) is 5.32. The van der Waals surface area contributed by atoms with Gasteiger partial charge in [0.2, 0.25) is 0 Å². The first-order valence-electron chi connectivity index (χ1n) is 7.07. The largest absolute Gasteiger partial charge is 0.408 e. The highest BCUT2D eigenvalue weighted by Gasteiger charge is 2.37. The van der Waals surface area contributed by atoms with E-state index in [4.69, 9.17) is 11.6 Å². The van der Waals surface area contributed by atoms with Crippen LogP contribution in [0.1, 0.15) is 12.5 Å². The summed E-state index contributed by atoms with van der Waals surface area (Å²) in [4.78, 5) is 8.02. The molecule has 0 saturated carbocycles. The van der Waals surface area contributed by atoms with E-state index >= 15 is 0 Å². The monoisotopic (exact) mass is 355 g/mol. The van der Waals surface area contributed by atoms with Gasteiger partial charge in [-0.15, -0.1) is 0 Å². The minimum Gasteiger partial charge on any atom is -0.358 e. The van der Waals surface area contributed by atoms with Crippen LogP contribution in [0.3, 0.4) is 0 Å². The summed E-state index contributed by atoms with van der Waals surface area (Å²) in [6.07, 6.45) is -3.21. The van der Waals surface area contributed by atoms with Crippen molar-refractivity contribution in [3.8, 4) is 11.1 Å². The van der Waals surface area contributed by atoms with Crippen LogP contribution in [0.5, 0.6) is 0 Å². The topological polar surface area (TPSA) is 55.1 Å². The van der Waals surface area contributed by atoms with E-state index in [-0.39, 0.29) is 16.7 Å². The Labute approximate surface area is 140 Å². The number of halogens is 4. The van der Waals surface area contributed by atoms with Crippen LogP contribution < -0.4 is 5.32 Å². The van der Waals surface area contributed by atoms with Gasteiger partial charge in [-0.25, -0.2) is 0 Å². The highest BCUT2D eigenvalue weighted by atomic mass is 35.5. The van der Waals surface area contributed by atoms with Crippen molar-refractivity contribution in [1.82, 2.24) is 19.6 Å². The summed E-state index contributed by atoms with van der Waals surface area (Å²) >= 11 is 6.26. The fraction of sp³-hybridized carbons (Fsp3) is 0.267. The second kappa shape index (κ2) is 5.94. The summed E-state index contributed by atoms with van der Waals surface area (Å²) in [6.45, 7) is 2.87. The van der Waals surface area contributed by atoms with Gasteiger partial charge in [-0.1, -0.05) is 35.9 Å². The van der Waals surface area contributed by atoms with Crippen molar-refractivity contribution in [3.63, 3.8) is 0 Å². The Balaban J connectivity index is 2.26. The van der Waals surface area contributed by atoms with Crippen LogP contribution >= 0.6 is 11.6 Å². The lowest BCUT2D eigenvalue weighted by atomic mass is 10.0. The van der Waals surface area contributed by atoms with E-state index in [1.807, 2.05) is 19.1 Å². The van der Waals surface area contributed by atoms with E-state index < -0.39 is 12.2 Å². The Bertz CT molecular complexity index is 890. The standard InChI is InChI=1S/C15H13ClF3N5/c1-8-5-3-4-6-10(8)11-12(16)23-14-20-7-21-24(14)13(11)22-9(2)15(17,18)19/h3-7,9,22H,1-2H3. The van der Waals surface area contributed by atoms with Crippen molar-refractivity contribution in [1.29, 1.82) is 0 Å². The number of aryl methyl sites for hydroxylation is 1. The van der Waals surface area contributed by atoms with E-state index in [1.165, 1.54) is 10.8 Å². The third-order valence-corrected chi connectivity index (χ3v) is 3.91. The molecule has 0 bridgehead atoms. The first-order valence-corrected chi connectivity index (χ1v) is 7.45. The second-order valence-corrected chi connectivity index (χ2v) is 5.68. The van der Waals surface area contributed by atoms with E-state index in [0.717, 1.165) is 12.5 Å². The number of aromatic nitrogens is 4. The van der Waals surface area contributed by atoms with Crippen LogP contribution in [0.15, 0.2) is 30.6 Å². The van der Waals surface area contributed by atoms with Crippen LogP contribution in [-0.2, 0) is 0 Å². The van der Waals surface area contributed by atoms with E-state index in [1.54, 1.807) is 12.1 Å². The quantitative estimate of drug-likeness (QED) is 0.718. The van der Waals surface area contributed by atoms with Gasteiger partial charge in [-0.2, -0.15) is 32.8 Å². The molecule has 0 aliphatic carbocycles. The van der Waals surface area contributed by atoms with Gasteiger partial charge in [0.1, 0.15) is 23.3 Å². The van der Waals surface area contributed by atoms with Gasteiger partial charge in [-0.05, 0) is 25.0 Å². The number of rotatable bonds is 3. The summed E-state index contributed by atoms with van der Waals surface area (Å²) in [5.74, 6) is 0.218. The van der Waals surface area contributed by atoms with Crippen LogP contribution in [0.25, 0.3) is 16.9 Å². The summed E-state index contributed by atoms with van der Waals surface area (Å²) in [5, 5.41) is 6.48. The molecule has 0 saturated heterocycles. The van der Waals surface area contributed by atoms with Gasteiger partial charge in [0.25, 0.3) is 5.78 Å². The molecule has 9 heteroatoms. The molecule has 24 heavy (non-hydrogen) atoms. The van der Waals surface area contributed by atoms with Crippen LogP contribution in [0, 0.1) is 6.92 Å². The number of nitrogens with zero attached hydrogens (tertiary/aromatic N) is 4. The Hall–Kier alpha value is -2.35. The third kappa shape index (κ3) is 2.89. The fourth-order valence-corrected chi connectivity index (χ4v) is 2.60. The SMILES string of the molecule is Cc1ccccc1-c1c(Cl)nc2ncnn2c1NC(C)C(F)(F)F. The molecule has 5 nitrogen and oxygen atoms in total. The van der Waals surface area contributed by atoms with Crippen LogP contribution in [0.2, 0.25) is 5.15 Å². The maximum atomic E-state index is 13.0. The van der Waals surface area contributed by atoms with Crippen molar-refractivity contribution in [2.24, 2.45) is 0 Å². The minimum absolute atomic E-state index is 0.0571. The molecule has 0 aliphatic rings. The zero-order valence-electron chi connectivity index (χ0n) is 12.8. The minimum atomic E-state index is -4.42. The Morgan fingerprint density at radius 3 is 2.62 bits per heavy atom. The maximum absolute atomic E-state index is 13.0. The van der Waals surface area contributed by atoms with E-state index in [2.05, 4.69) is 20.4 Å². The Morgan fingerprint density at radius 2 is 1.96 bits per heavy atom. The summed E-state index contributed by atoms with van der Waals surface area (Å²) in [7, 11) is 0. The van der Waals surface area contributed by atoms with Crippen molar-refractivity contribution in [2.45, 2.75) is 26.1 Å². The summed E-state index contributed by atoms with van der Waals surface area (Å²) < 4.78 is 40.3. The van der Waals surface area contributed by atoms with Crippen molar-refractivity contribution in [2.75, 3.05) is 5.32 Å². The first-order chi connectivity index (χ1) is 11.3. The first kappa shape index (κ1) is 16.5. The molecule has 0 amide bonds. The molecule has 0 aliphatic heterocycles. The molecule has 126 valence electrons. The van der Waals surface area contributed by atoms with Gasteiger partial charge in [0, 0.05) is 0 Å². The van der Waals surface area contributed by atoms with E-state index in [9.17, 15) is 13.2 Å². The predicted octanol–water partition coefficient (Wildman–Crippen LogP) is 4.12. The average molecular weight is 356 g/mol. The van der Waals surface area contributed by atoms with Crippen LogP contribution in [-0.4, -0.2) is 31.8 Å². The number of hydrogen-bond acceptors (Lipinski definition) is 4. The highest BCUT2D eigenvalue weighted by Crippen LogP contribution is 2.37. The van der Waals surface area contributed by atoms with Gasteiger partial charge in [0.05, 0.1) is 5.56 Å². The molecule has 3 aromatic rings. The average Bonchev–Trinajstić information content (AvgIpc) is 2.95. The molecular formula is C15H13ClF3N5. The maximum Gasteiger partial charge on any atom is 0.408 e. The highest BCUT2D eigenvalue weighted by molar-refractivity contribution is 6.33. The zero-order chi connectivity index (χ0) is 17.5. The third-order valence-electron chi connectivity index (χ3n) is 3.64. The molecule has 2 heterocycles. The molecule has 1 N–H and O–H groups in total. The number of alkyl halides is 3. The number of nitrogens with one attached hydrogen (secondary N) is 1. The molecule has 2 aromatic heterocycles. The summed E-state index contributed by atoms with van der Waals surface area (Å²) in [6, 6.07) is 5.42. The Morgan fingerprint density at radius 1 is 1.25 bits per heavy atom. The molecule has 0 radical (unpaired) electrons. The molecule has 3 rings (SSSR count). The number of fused-ring (bicyclic) bond motifs is 1. The number of benzene rings is 1.